The van der Waals surface area contributed by atoms with Crippen LogP contribution >= 0.6 is 0 Å². The van der Waals surface area contributed by atoms with E-state index in [-0.39, 0.29) is 30.3 Å². The smallest absolute Gasteiger partial charge is 0.319 e. The summed E-state index contributed by atoms with van der Waals surface area (Å²) in [5.41, 5.74) is 0.444. The van der Waals surface area contributed by atoms with Crippen LogP contribution in [0.2, 0.25) is 0 Å². The van der Waals surface area contributed by atoms with Gasteiger partial charge in [-0.25, -0.2) is 4.79 Å². The van der Waals surface area contributed by atoms with Gasteiger partial charge >= 0.3 is 6.03 Å². The minimum atomic E-state index is -0.498. The molecule has 0 spiro atoms. The van der Waals surface area contributed by atoms with Gasteiger partial charge in [0.1, 0.15) is 6.61 Å². The predicted molar refractivity (Wildman–Crippen MR) is 86.7 cm³/mol. The Hall–Kier alpha value is -2.68. The standard InChI is InChI=1S/C15H20N4O5/c1-24-10-14(20)18-8-6-12(7-9-18)17-15(21)16-11-2-4-13(5-3-11)19(22)23/h2-5,12H,6-10H2,1H3,(H2,16,17,21). The molecule has 24 heavy (non-hydrogen) atoms. The van der Waals surface area contributed by atoms with Gasteiger partial charge in [0.05, 0.1) is 4.92 Å². The molecule has 0 aromatic heterocycles. The molecule has 0 atom stereocenters. The highest BCUT2D eigenvalue weighted by molar-refractivity contribution is 5.89. The van der Waals surface area contributed by atoms with Crippen LogP contribution in [-0.2, 0) is 9.53 Å². The first kappa shape index (κ1) is 17.7. The number of benzene rings is 1. The second-order valence-electron chi connectivity index (χ2n) is 5.49. The zero-order valence-electron chi connectivity index (χ0n) is 13.4. The molecule has 0 unspecified atom stereocenters. The number of nitro benzene ring substituents is 1. The van der Waals surface area contributed by atoms with Crippen molar-refractivity contribution >= 4 is 23.3 Å². The molecular weight excluding hydrogens is 316 g/mol. The number of methoxy groups -OCH3 is 1. The fraction of sp³-hybridized carbons (Fsp3) is 0.467. The third-order valence-corrected chi connectivity index (χ3v) is 3.79. The summed E-state index contributed by atoms with van der Waals surface area (Å²) in [5.74, 6) is -0.0497. The van der Waals surface area contributed by atoms with Gasteiger partial charge in [-0.1, -0.05) is 0 Å². The zero-order valence-corrected chi connectivity index (χ0v) is 13.4. The summed E-state index contributed by atoms with van der Waals surface area (Å²) in [6.45, 7) is 1.22. The Morgan fingerprint density at radius 1 is 1.29 bits per heavy atom. The summed E-state index contributed by atoms with van der Waals surface area (Å²) in [6, 6.07) is 5.22. The van der Waals surface area contributed by atoms with Crippen molar-refractivity contribution in [2.45, 2.75) is 18.9 Å². The van der Waals surface area contributed by atoms with Crippen LogP contribution in [0.15, 0.2) is 24.3 Å². The van der Waals surface area contributed by atoms with Crippen LogP contribution in [0, 0.1) is 10.1 Å². The van der Waals surface area contributed by atoms with Gasteiger partial charge < -0.3 is 20.3 Å². The van der Waals surface area contributed by atoms with Crippen LogP contribution in [0.5, 0.6) is 0 Å². The highest BCUT2D eigenvalue weighted by atomic mass is 16.6. The number of hydrogen-bond donors (Lipinski definition) is 2. The largest absolute Gasteiger partial charge is 0.375 e. The van der Waals surface area contributed by atoms with Gasteiger partial charge in [0.2, 0.25) is 5.91 Å². The van der Waals surface area contributed by atoms with E-state index in [1.807, 2.05) is 0 Å². The van der Waals surface area contributed by atoms with E-state index in [0.717, 1.165) is 0 Å². The molecule has 2 N–H and O–H groups in total. The highest BCUT2D eigenvalue weighted by Crippen LogP contribution is 2.16. The van der Waals surface area contributed by atoms with E-state index in [0.29, 0.717) is 31.6 Å². The first-order chi connectivity index (χ1) is 11.5. The molecule has 0 aliphatic carbocycles. The van der Waals surface area contributed by atoms with E-state index in [1.54, 1.807) is 4.90 Å². The number of ether oxygens (including phenoxy) is 1. The second kappa shape index (κ2) is 8.25. The first-order valence-corrected chi connectivity index (χ1v) is 7.58. The molecule has 1 fully saturated rings. The van der Waals surface area contributed by atoms with Crippen LogP contribution in [-0.4, -0.2) is 54.6 Å². The van der Waals surface area contributed by atoms with Crippen LogP contribution in [0.25, 0.3) is 0 Å². The maximum atomic E-state index is 12.0. The number of nitro groups is 1. The molecule has 130 valence electrons. The fourth-order valence-electron chi connectivity index (χ4n) is 2.51. The van der Waals surface area contributed by atoms with Crippen molar-refractivity contribution in [3.63, 3.8) is 0 Å². The zero-order chi connectivity index (χ0) is 17.5. The number of nitrogens with zero attached hydrogens (tertiary/aromatic N) is 2. The number of anilines is 1. The molecule has 1 aliphatic rings. The average molecular weight is 336 g/mol. The first-order valence-electron chi connectivity index (χ1n) is 7.58. The van der Waals surface area contributed by atoms with Gasteiger partial charge in [0.25, 0.3) is 5.69 Å². The lowest BCUT2D eigenvalue weighted by atomic mass is 10.1. The van der Waals surface area contributed by atoms with E-state index in [2.05, 4.69) is 10.6 Å². The molecule has 1 aromatic carbocycles. The molecule has 9 nitrogen and oxygen atoms in total. The van der Waals surface area contributed by atoms with E-state index in [1.165, 1.54) is 31.4 Å². The molecule has 0 radical (unpaired) electrons. The lowest BCUT2D eigenvalue weighted by Crippen LogP contribution is -2.48. The van der Waals surface area contributed by atoms with E-state index < -0.39 is 4.92 Å². The molecule has 1 saturated heterocycles. The van der Waals surface area contributed by atoms with Crippen molar-refractivity contribution in [1.82, 2.24) is 10.2 Å². The van der Waals surface area contributed by atoms with Crippen molar-refractivity contribution < 1.29 is 19.2 Å². The molecule has 9 heteroatoms. The lowest BCUT2D eigenvalue weighted by molar-refractivity contribution is -0.384. The number of nitrogens with one attached hydrogen (secondary N) is 2. The summed E-state index contributed by atoms with van der Waals surface area (Å²) in [5, 5.41) is 16.1. The molecule has 1 aliphatic heterocycles. The second-order valence-corrected chi connectivity index (χ2v) is 5.49. The minimum Gasteiger partial charge on any atom is -0.375 e. The molecule has 3 amide bonds. The number of likely N-dealkylation sites (tertiary alicyclic amines) is 1. The van der Waals surface area contributed by atoms with Gasteiger partial charge in [-0.3, -0.25) is 14.9 Å². The Morgan fingerprint density at radius 3 is 2.46 bits per heavy atom. The number of non-ortho nitro benzene ring substituents is 1. The molecule has 1 aromatic rings. The highest BCUT2D eigenvalue weighted by Gasteiger charge is 2.23. The summed E-state index contributed by atoms with van der Waals surface area (Å²) in [4.78, 5) is 35.5. The molecule has 0 saturated carbocycles. The number of urea groups is 1. The Bertz CT molecular complexity index is 596. The number of amides is 3. The Labute approximate surface area is 139 Å². The number of hydrogen-bond acceptors (Lipinski definition) is 5. The van der Waals surface area contributed by atoms with Crippen LogP contribution in [0.4, 0.5) is 16.2 Å². The summed E-state index contributed by atoms with van der Waals surface area (Å²) in [6.07, 6.45) is 1.34. The van der Waals surface area contributed by atoms with Crippen LogP contribution in [0.1, 0.15) is 12.8 Å². The van der Waals surface area contributed by atoms with Crippen molar-refractivity contribution in [3.05, 3.63) is 34.4 Å². The maximum absolute atomic E-state index is 12.0. The number of rotatable bonds is 5. The van der Waals surface area contributed by atoms with Crippen molar-refractivity contribution in [3.8, 4) is 0 Å². The third-order valence-electron chi connectivity index (χ3n) is 3.79. The molecule has 0 bridgehead atoms. The van der Waals surface area contributed by atoms with Gasteiger partial charge in [0, 0.05) is 44.1 Å². The molecular formula is C15H20N4O5. The monoisotopic (exact) mass is 336 g/mol. The van der Waals surface area contributed by atoms with Crippen molar-refractivity contribution in [2.24, 2.45) is 0 Å². The van der Waals surface area contributed by atoms with Crippen LogP contribution < -0.4 is 10.6 Å². The molecule has 1 heterocycles. The van der Waals surface area contributed by atoms with Crippen molar-refractivity contribution in [1.29, 1.82) is 0 Å². The van der Waals surface area contributed by atoms with E-state index >= 15 is 0 Å². The van der Waals surface area contributed by atoms with Gasteiger partial charge in [-0.05, 0) is 25.0 Å². The summed E-state index contributed by atoms with van der Waals surface area (Å²) >= 11 is 0. The summed E-state index contributed by atoms with van der Waals surface area (Å²) < 4.78 is 4.82. The quantitative estimate of drug-likeness (QED) is 0.622. The Kier molecular flexibility index (Phi) is 6.07. The number of carbonyl (C=O) groups is 2. The Balaban J connectivity index is 1.77. The topological polar surface area (TPSA) is 114 Å². The van der Waals surface area contributed by atoms with E-state index in [9.17, 15) is 19.7 Å². The average Bonchev–Trinajstić information content (AvgIpc) is 2.56. The minimum absolute atomic E-state index is 0.0188. The van der Waals surface area contributed by atoms with Gasteiger partial charge in [-0.2, -0.15) is 0 Å². The number of piperidine rings is 1. The number of carbonyl (C=O) groups excluding carboxylic acids is 2. The fourth-order valence-corrected chi connectivity index (χ4v) is 2.51. The van der Waals surface area contributed by atoms with Crippen molar-refractivity contribution in [2.75, 3.05) is 32.1 Å². The van der Waals surface area contributed by atoms with Gasteiger partial charge in [-0.15, -0.1) is 0 Å². The molecule has 2 rings (SSSR count). The lowest BCUT2D eigenvalue weighted by Gasteiger charge is -2.32. The SMILES string of the molecule is COCC(=O)N1CCC(NC(=O)Nc2ccc([N+](=O)[O-])cc2)CC1. The Morgan fingerprint density at radius 2 is 1.92 bits per heavy atom. The predicted octanol–water partition coefficient (Wildman–Crippen LogP) is 1.35. The van der Waals surface area contributed by atoms with Gasteiger partial charge in [0.15, 0.2) is 0 Å². The third kappa shape index (κ3) is 4.92. The van der Waals surface area contributed by atoms with E-state index in [4.69, 9.17) is 4.74 Å². The normalized spacial score (nSPS) is 15.0. The maximum Gasteiger partial charge on any atom is 0.319 e. The summed E-state index contributed by atoms with van der Waals surface area (Å²) in [7, 11) is 1.48. The van der Waals surface area contributed by atoms with Crippen LogP contribution in [0.3, 0.4) is 0 Å².